The highest BCUT2D eigenvalue weighted by molar-refractivity contribution is 5.53. The van der Waals surface area contributed by atoms with Crippen molar-refractivity contribution in [3.63, 3.8) is 0 Å². The Balaban J connectivity index is 2.35. The summed E-state index contributed by atoms with van der Waals surface area (Å²) in [4.78, 5) is 0. The molecule has 2 N–H and O–H groups in total. The van der Waals surface area contributed by atoms with Gasteiger partial charge in [-0.1, -0.05) is 12.1 Å². The summed E-state index contributed by atoms with van der Waals surface area (Å²) in [5.74, 6) is 1.10. The second-order valence-electron chi connectivity index (χ2n) is 5.04. The van der Waals surface area contributed by atoms with Crippen molar-refractivity contribution in [1.29, 1.82) is 0 Å². The maximum atomic E-state index is 12.2. The fourth-order valence-corrected chi connectivity index (χ4v) is 2.35. The fraction of sp³-hybridized carbons (Fsp3) is 0.294. The molecule has 0 aliphatic carbocycles. The van der Waals surface area contributed by atoms with Gasteiger partial charge in [-0.15, -0.1) is 13.2 Å². The zero-order valence-electron chi connectivity index (χ0n) is 13.9. The SMILES string of the molecule is COc1cc(OC)c([C@@H](N)c2ccc(OC(F)(F)F)cc2)cc1OC. The van der Waals surface area contributed by atoms with E-state index in [1.54, 1.807) is 12.1 Å². The third kappa shape index (κ3) is 4.48. The summed E-state index contributed by atoms with van der Waals surface area (Å²) in [6.07, 6.45) is -4.74. The molecule has 0 unspecified atom stereocenters. The molecular formula is C17H18F3NO4. The second kappa shape index (κ2) is 7.52. The minimum atomic E-state index is -4.74. The zero-order chi connectivity index (χ0) is 18.6. The molecule has 0 saturated heterocycles. The second-order valence-corrected chi connectivity index (χ2v) is 5.04. The first-order valence-electron chi connectivity index (χ1n) is 7.20. The van der Waals surface area contributed by atoms with Gasteiger partial charge in [-0.25, -0.2) is 0 Å². The summed E-state index contributed by atoms with van der Waals surface area (Å²) in [6, 6.07) is 7.99. The van der Waals surface area contributed by atoms with Gasteiger partial charge in [-0.3, -0.25) is 0 Å². The molecule has 0 saturated carbocycles. The largest absolute Gasteiger partial charge is 0.573 e. The standard InChI is InChI=1S/C17H18F3NO4/c1-22-13-9-15(24-3)14(23-2)8-12(13)16(21)10-4-6-11(7-5-10)25-17(18,19)20/h4-9,16H,21H2,1-3H3/t16-/m0/s1. The molecule has 2 aromatic carbocycles. The summed E-state index contributed by atoms with van der Waals surface area (Å²) in [7, 11) is 4.47. The van der Waals surface area contributed by atoms with E-state index in [0.717, 1.165) is 0 Å². The Labute approximate surface area is 143 Å². The number of ether oxygens (including phenoxy) is 4. The van der Waals surface area contributed by atoms with Gasteiger partial charge >= 0.3 is 6.36 Å². The maximum Gasteiger partial charge on any atom is 0.573 e. The van der Waals surface area contributed by atoms with Gasteiger partial charge in [0, 0.05) is 11.6 Å². The van der Waals surface area contributed by atoms with Crippen LogP contribution in [-0.2, 0) is 0 Å². The summed E-state index contributed by atoms with van der Waals surface area (Å²) >= 11 is 0. The first-order valence-corrected chi connectivity index (χ1v) is 7.20. The van der Waals surface area contributed by atoms with E-state index >= 15 is 0 Å². The van der Waals surface area contributed by atoms with Crippen LogP contribution in [0.25, 0.3) is 0 Å². The molecule has 0 heterocycles. The Morgan fingerprint density at radius 3 is 1.84 bits per heavy atom. The van der Waals surface area contributed by atoms with Crippen molar-refractivity contribution in [2.45, 2.75) is 12.4 Å². The molecule has 0 amide bonds. The number of benzene rings is 2. The highest BCUT2D eigenvalue weighted by Crippen LogP contribution is 2.38. The van der Waals surface area contributed by atoms with Crippen LogP contribution in [0.5, 0.6) is 23.0 Å². The van der Waals surface area contributed by atoms with Gasteiger partial charge in [0.1, 0.15) is 11.5 Å². The van der Waals surface area contributed by atoms with E-state index in [0.29, 0.717) is 28.4 Å². The summed E-state index contributed by atoms with van der Waals surface area (Å²) in [6.45, 7) is 0. The van der Waals surface area contributed by atoms with Crippen LogP contribution < -0.4 is 24.7 Å². The number of methoxy groups -OCH3 is 3. The minimum absolute atomic E-state index is 0.317. The number of hydrogen-bond donors (Lipinski definition) is 1. The molecule has 0 fully saturated rings. The lowest BCUT2D eigenvalue weighted by molar-refractivity contribution is -0.274. The van der Waals surface area contributed by atoms with Crippen LogP contribution >= 0.6 is 0 Å². The molecule has 1 atom stereocenters. The van der Waals surface area contributed by atoms with Crippen molar-refractivity contribution in [3.8, 4) is 23.0 Å². The van der Waals surface area contributed by atoms with Gasteiger partial charge in [0.05, 0.1) is 27.4 Å². The van der Waals surface area contributed by atoms with Crippen molar-refractivity contribution < 1.29 is 32.1 Å². The predicted molar refractivity (Wildman–Crippen MR) is 85.3 cm³/mol. The number of halogens is 3. The Morgan fingerprint density at radius 2 is 1.36 bits per heavy atom. The van der Waals surface area contributed by atoms with Crippen molar-refractivity contribution in [2.75, 3.05) is 21.3 Å². The average molecular weight is 357 g/mol. The Morgan fingerprint density at radius 1 is 0.840 bits per heavy atom. The van der Waals surface area contributed by atoms with Crippen molar-refractivity contribution >= 4 is 0 Å². The van der Waals surface area contributed by atoms with E-state index in [1.807, 2.05) is 0 Å². The summed E-state index contributed by atoms with van der Waals surface area (Å²) in [5.41, 5.74) is 7.43. The molecule has 0 aromatic heterocycles. The maximum absolute atomic E-state index is 12.2. The van der Waals surface area contributed by atoms with E-state index in [4.69, 9.17) is 19.9 Å². The molecule has 0 spiro atoms. The zero-order valence-corrected chi connectivity index (χ0v) is 13.9. The minimum Gasteiger partial charge on any atom is -0.496 e. The molecule has 5 nitrogen and oxygen atoms in total. The van der Waals surface area contributed by atoms with Crippen LogP contribution in [0.15, 0.2) is 36.4 Å². The van der Waals surface area contributed by atoms with E-state index < -0.39 is 12.4 Å². The average Bonchev–Trinajstić information content (AvgIpc) is 2.59. The molecule has 2 rings (SSSR count). The summed E-state index contributed by atoms with van der Waals surface area (Å²) in [5, 5.41) is 0. The van der Waals surface area contributed by atoms with E-state index in [-0.39, 0.29) is 5.75 Å². The van der Waals surface area contributed by atoms with Crippen LogP contribution in [0.3, 0.4) is 0 Å². The van der Waals surface area contributed by atoms with Gasteiger partial charge in [0.25, 0.3) is 0 Å². The third-order valence-electron chi connectivity index (χ3n) is 3.54. The lowest BCUT2D eigenvalue weighted by Crippen LogP contribution is -2.17. The molecule has 0 aliphatic heterocycles. The molecule has 8 heteroatoms. The van der Waals surface area contributed by atoms with Gasteiger partial charge in [-0.2, -0.15) is 0 Å². The van der Waals surface area contributed by atoms with Crippen molar-refractivity contribution in [1.82, 2.24) is 0 Å². The monoisotopic (exact) mass is 357 g/mol. The van der Waals surface area contributed by atoms with Crippen molar-refractivity contribution in [2.24, 2.45) is 5.73 Å². The highest BCUT2D eigenvalue weighted by atomic mass is 19.4. The number of alkyl halides is 3. The van der Waals surface area contributed by atoms with Gasteiger partial charge in [0.2, 0.25) is 0 Å². The molecule has 0 bridgehead atoms. The number of hydrogen-bond acceptors (Lipinski definition) is 5. The van der Waals surface area contributed by atoms with Gasteiger partial charge in [-0.05, 0) is 23.8 Å². The predicted octanol–water partition coefficient (Wildman–Crippen LogP) is 3.66. The lowest BCUT2D eigenvalue weighted by atomic mass is 9.98. The van der Waals surface area contributed by atoms with Crippen LogP contribution in [0.4, 0.5) is 13.2 Å². The fourth-order valence-electron chi connectivity index (χ4n) is 2.35. The van der Waals surface area contributed by atoms with E-state index in [9.17, 15) is 13.2 Å². The van der Waals surface area contributed by atoms with Crippen LogP contribution in [0.2, 0.25) is 0 Å². The third-order valence-corrected chi connectivity index (χ3v) is 3.54. The summed E-state index contributed by atoms with van der Waals surface area (Å²) < 4.78 is 56.3. The lowest BCUT2D eigenvalue weighted by Gasteiger charge is -2.19. The topological polar surface area (TPSA) is 62.9 Å². The quantitative estimate of drug-likeness (QED) is 0.855. The van der Waals surface area contributed by atoms with Crippen molar-refractivity contribution in [3.05, 3.63) is 47.5 Å². The van der Waals surface area contributed by atoms with Crippen LogP contribution in [-0.4, -0.2) is 27.7 Å². The molecular weight excluding hydrogens is 339 g/mol. The smallest absolute Gasteiger partial charge is 0.496 e. The molecule has 136 valence electrons. The Kier molecular flexibility index (Phi) is 5.63. The Hall–Kier alpha value is -2.61. The number of rotatable bonds is 6. The van der Waals surface area contributed by atoms with Gasteiger partial charge in [0.15, 0.2) is 11.5 Å². The first kappa shape index (κ1) is 18.7. The van der Waals surface area contributed by atoms with Gasteiger partial charge < -0.3 is 24.7 Å². The number of nitrogens with two attached hydrogens (primary N) is 1. The van der Waals surface area contributed by atoms with E-state index in [2.05, 4.69) is 4.74 Å². The molecule has 2 aromatic rings. The normalized spacial score (nSPS) is 12.4. The van der Waals surface area contributed by atoms with Crippen LogP contribution in [0.1, 0.15) is 17.2 Å². The molecule has 25 heavy (non-hydrogen) atoms. The molecule has 0 aliphatic rings. The van der Waals surface area contributed by atoms with Crippen LogP contribution in [0, 0.1) is 0 Å². The molecule has 0 radical (unpaired) electrons. The Bertz CT molecular complexity index is 717. The van der Waals surface area contributed by atoms with E-state index in [1.165, 1.54) is 45.6 Å². The first-order chi connectivity index (χ1) is 11.8. The highest BCUT2D eigenvalue weighted by Gasteiger charge is 2.31.